The molecule has 0 aliphatic carbocycles. The van der Waals surface area contributed by atoms with E-state index in [-0.39, 0.29) is 18.4 Å². The maximum Gasteiger partial charge on any atom is 0.273 e. The van der Waals surface area contributed by atoms with Crippen LogP contribution in [0.5, 0.6) is 11.5 Å². The highest BCUT2D eigenvalue weighted by atomic mass is 32.1. The highest BCUT2D eigenvalue weighted by molar-refractivity contribution is 7.09. The Morgan fingerprint density at radius 1 is 1.16 bits per heavy atom. The maximum absolute atomic E-state index is 12.6. The van der Waals surface area contributed by atoms with E-state index in [9.17, 15) is 4.79 Å². The van der Waals surface area contributed by atoms with Crippen molar-refractivity contribution in [1.29, 1.82) is 0 Å². The van der Waals surface area contributed by atoms with E-state index in [0.29, 0.717) is 30.6 Å². The Bertz CT molecular complexity index is 998. The zero-order valence-electron chi connectivity index (χ0n) is 17.8. The molecule has 0 saturated heterocycles. The number of fused-ring (bicyclic) bond motifs is 1. The molecule has 8 heteroatoms. The lowest BCUT2D eigenvalue weighted by Gasteiger charge is -2.29. The van der Waals surface area contributed by atoms with Gasteiger partial charge in [-0.1, -0.05) is 31.1 Å². The molecule has 2 aromatic heterocycles. The minimum Gasteiger partial charge on any atom is -0.454 e. The van der Waals surface area contributed by atoms with Crippen molar-refractivity contribution >= 4 is 17.2 Å². The van der Waals surface area contributed by atoms with Crippen molar-refractivity contribution < 1.29 is 18.8 Å². The number of hydrogen-bond donors (Lipinski definition) is 1. The number of ether oxygens (including phenoxy) is 2. The number of nitrogens with zero attached hydrogens (tertiary/aromatic N) is 2. The molecule has 0 radical (unpaired) electrons. The summed E-state index contributed by atoms with van der Waals surface area (Å²) in [6.07, 6.45) is 2.11. The molecule has 0 spiro atoms. The van der Waals surface area contributed by atoms with Crippen molar-refractivity contribution in [2.45, 2.75) is 52.4 Å². The van der Waals surface area contributed by atoms with Crippen molar-refractivity contribution in [2.75, 3.05) is 6.79 Å². The number of carbonyl (C=O) groups is 1. The van der Waals surface area contributed by atoms with Gasteiger partial charge in [0.15, 0.2) is 23.0 Å². The first-order chi connectivity index (χ1) is 15.2. The van der Waals surface area contributed by atoms with Crippen molar-refractivity contribution in [1.82, 2.24) is 15.4 Å². The predicted octanol–water partition coefficient (Wildman–Crippen LogP) is 4.59. The standard InChI is InChI=1S/C23H27N3O4S/c1-3-17(4-2)26(14-19-6-5-9-31-19)13-18-11-20(25-30-18)23(27)24-12-16-7-8-21-22(10-16)29-15-28-21/h5-11,17H,3-4,12-15H2,1-2H3,(H,24,27). The molecule has 31 heavy (non-hydrogen) atoms. The summed E-state index contributed by atoms with van der Waals surface area (Å²) >= 11 is 1.75. The van der Waals surface area contributed by atoms with Gasteiger partial charge in [0.25, 0.3) is 5.91 Å². The van der Waals surface area contributed by atoms with E-state index in [2.05, 4.69) is 46.7 Å². The van der Waals surface area contributed by atoms with Gasteiger partial charge in [-0.3, -0.25) is 9.69 Å². The molecule has 1 aliphatic rings. The Labute approximate surface area is 185 Å². The second-order valence-electron chi connectivity index (χ2n) is 7.50. The molecule has 1 amide bonds. The third-order valence-corrected chi connectivity index (χ3v) is 6.30. The third-order valence-electron chi connectivity index (χ3n) is 5.44. The van der Waals surface area contributed by atoms with Crippen molar-refractivity contribution in [3.63, 3.8) is 0 Å². The van der Waals surface area contributed by atoms with Crippen LogP contribution >= 0.6 is 11.3 Å². The van der Waals surface area contributed by atoms with Gasteiger partial charge in [0.2, 0.25) is 6.79 Å². The topological polar surface area (TPSA) is 76.8 Å². The molecule has 1 aliphatic heterocycles. The fourth-order valence-electron chi connectivity index (χ4n) is 3.74. The van der Waals surface area contributed by atoms with Crippen LogP contribution < -0.4 is 14.8 Å². The van der Waals surface area contributed by atoms with Gasteiger partial charge in [0.1, 0.15) is 0 Å². The molecule has 0 bridgehead atoms. The molecule has 3 heterocycles. The summed E-state index contributed by atoms with van der Waals surface area (Å²) in [4.78, 5) is 16.3. The number of thiophene rings is 1. The quantitative estimate of drug-likeness (QED) is 0.496. The summed E-state index contributed by atoms with van der Waals surface area (Å²) in [5.41, 5.74) is 1.22. The zero-order chi connectivity index (χ0) is 21.6. The summed E-state index contributed by atoms with van der Waals surface area (Å²) < 4.78 is 16.2. The molecule has 0 fully saturated rings. The van der Waals surface area contributed by atoms with Gasteiger partial charge in [-0.25, -0.2) is 0 Å². The molecule has 1 N–H and O–H groups in total. The lowest BCUT2D eigenvalue weighted by Crippen LogP contribution is -2.33. The molecular formula is C23H27N3O4S. The maximum atomic E-state index is 12.6. The fourth-order valence-corrected chi connectivity index (χ4v) is 4.47. The van der Waals surface area contributed by atoms with Gasteiger partial charge < -0.3 is 19.3 Å². The van der Waals surface area contributed by atoms with E-state index in [0.717, 1.165) is 30.7 Å². The molecule has 3 aromatic rings. The number of hydrogen-bond acceptors (Lipinski definition) is 7. The average Bonchev–Trinajstić information content (AvgIpc) is 3.54. The van der Waals surface area contributed by atoms with Gasteiger partial charge in [0.05, 0.1) is 6.54 Å². The van der Waals surface area contributed by atoms with E-state index >= 15 is 0 Å². The molecule has 4 rings (SSSR count). The SMILES string of the molecule is CCC(CC)N(Cc1cc(C(=O)NCc2ccc3c(c2)OCO3)no1)Cc1cccs1. The van der Waals surface area contributed by atoms with E-state index in [1.165, 1.54) is 4.88 Å². The predicted molar refractivity (Wildman–Crippen MR) is 118 cm³/mol. The molecule has 0 atom stereocenters. The lowest BCUT2D eigenvalue weighted by atomic mass is 10.1. The molecule has 0 unspecified atom stereocenters. The van der Waals surface area contributed by atoms with Crippen molar-refractivity contribution in [2.24, 2.45) is 0 Å². The van der Waals surface area contributed by atoms with Crippen LogP contribution in [0.25, 0.3) is 0 Å². The van der Waals surface area contributed by atoms with Gasteiger partial charge >= 0.3 is 0 Å². The molecular weight excluding hydrogens is 414 g/mol. The van der Waals surface area contributed by atoms with Crippen molar-refractivity contribution in [3.8, 4) is 11.5 Å². The molecule has 164 valence electrons. The summed E-state index contributed by atoms with van der Waals surface area (Å²) in [6, 6.07) is 12.0. The number of benzene rings is 1. The van der Waals surface area contributed by atoms with Crippen LogP contribution in [-0.2, 0) is 19.6 Å². The van der Waals surface area contributed by atoms with Gasteiger partial charge in [0, 0.05) is 30.1 Å². The highest BCUT2D eigenvalue weighted by Crippen LogP contribution is 2.32. The third kappa shape index (κ3) is 5.26. The first-order valence-electron chi connectivity index (χ1n) is 10.5. The number of nitrogens with one attached hydrogen (secondary N) is 1. The summed E-state index contributed by atoms with van der Waals surface area (Å²) in [6.45, 7) is 6.47. The number of rotatable bonds is 10. The first-order valence-corrected chi connectivity index (χ1v) is 11.4. The van der Waals surface area contributed by atoms with Crippen LogP contribution in [0.4, 0.5) is 0 Å². The summed E-state index contributed by atoms with van der Waals surface area (Å²) in [5.74, 6) is 1.85. The normalized spacial score (nSPS) is 12.6. The Morgan fingerprint density at radius 2 is 2.00 bits per heavy atom. The summed E-state index contributed by atoms with van der Waals surface area (Å²) in [5, 5.41) is 8.97. The van der Waals surface area contributed by atoms with Gasteiger partial charge in [-0.15, -0.1) is 11.3 Å². The average molecular weight is 442 g/mol. The number of aromatic nitrogens is 1. The van der Waals surface area contributed by atoms with E-state index < -0.39 is 0 Å². The van der Waals surface area contributed by atoms with E-state index in [1.807, 2.05) is 18.2 Å². The number of amides is 1. The Balaban J connectivity index is 1.37. The Morgan fingerprint density at radius 3 is 2.77 bits per heavy atom. The first kappa shape index (κ1) is 21.4. The second kappa shape index (κ2) is 9.98. The van der Waals surface area contributed by atoms with Crippen LogP contribution in [0.15, 0.2) is 46.3 Å². The van der Waals surface area contributed by atoms with Crippen LogP contribution in [-0.4, -0.2) is 28.8 Å². The molecule has 7 nitrogen and oxygen atoms in total. The van der Waals surface area contributed by atoms with E-state index in [1.54, 1.807) is 17.4 Å². The van der Waals surface area contributed by atoms with Crippen LogP contribution in [0.1, 0.15) is 53.4 Å². The highest BCUT2D eigenvalue weighted by Gasteiger charge is 2.20. The van der Waals surface area contributed by atoms with Gasteiger partial charge in [-0.2, -0.15) is 0 Å². The fraction of sp³-hybridized carbons (Fsp3) is 0.391. The lowest BCUT2D eigenvalue weighted by molar-refractivity contribution is 0.0941. The van der Waals surface area contributed by atoms with Crippen molar-refractivity contribution in [3.05, 3.63) is 63.7 Å². The second-order valence-corrected chi connectivity index (χ2v) is 8.54. The van der Waals surface area contributed by atoms with E-state index in [4.69, 9.17) is 14.0 Å². The Hall–Kier alpha value is -2.84. The smallest absolute Gasteiger partial charge is 0.273 e. The monoisotopic (exact) mass is 441 g/mol. The zero-order valence-corrected chi connectivity index (χ0v) is 18.6. The largest absolute Gasteiger partial charge is 0.454 e. The van der Waals surface area contributed by atoms with Crippen LogP contribution in [0, 0.1) is 0 Å². The van der Waals surface area contributed by atoms with Crippen LogP contribution in [0.2, 0.25) is 0 Å². The molecule has 1 aromatic carbocycles. The number of carbonyl (C=O) groups excluding carboxylic acids is 1. The van der Waals surface area contributed by atoms with Crippen LogP contribution in [0.3, 0.4) is 0 Å². The Kier molecular flexibility index (Phi) is 6.89. The van der Waals surface area contributed by atoms with Gasteiger partial charge in [-0.05, 0) is 42.0 Å². The minimum atomic E-state index is -0.264. The summed E-state index contributed by atoms with van der Waals surface area (Å²) in [7, 11) is 0. The minimum absolute atomic E-state index is 0.229. The molecule has 0 saturated carbocycles.